The van der Waals surface area contributed by atoms with Gasteiger partial charge < -0.3 is 9.80 Å². The van der Waals surface area contributed by atoms with Gasteiger partial charge in [-0.1, -0.05) is 99.1 Å². The van der Waals surface area contributed by atoms with Crippen molar-refractivity contribution in [2.24, 2.45) is 0 Å². The largest absolute Gasteiger partial charge is 0.352 e. The molecule has 2 nitrogen and oxygen atoms in total. The van der Waals surface area contributed by atoms with Crippen LogP contribution in [0.5, 0.6) is 0 Å². The molecule has 2 heteroatoms. The summed E-state index contributed by atoms with van der Waals surface area (Å²) in [7, 11) is 0. The van der Waals surface area contributed by atoms with Crippen LogP contribution < -0.4 is 4.90 Å². The van der Waals surface area contributed by atoms with Gasteiger partial charge in [-0.25, -0.2) is 0 Å². The van der Waals surface area contributed by atoms with Gasteiger partial charge in [-0.2, -0.15) is 0 Å². The Morgan fingerprint density at radius 3 is 1.97 bits per heavy atom. The van der Waals surface area contributed by atoms with Crippen LogP contribution >= 0.6 is 0 Å². The van der Waals surface area contributed by atoms with E-state index in [1.54, 1.807) is 0 Å². The Balaban J connectivity index is 1.89. The standard InChI is InChI=1S/C29H34N2/c1-3-5-21-30-22-23-31(27-19-13-8-14-20-27)29(30,24-25-15-9-6-10-16-25)28(4-2)26-17-11-7-12-18-26/h6-20,22-23,28H,3-5,21,24H2,1-2H3. The molecule has 0 amide bonds. The van der Waals surface area contributed by atoms with Crippen LogP contribution in [-0.4, -0.2) is 17.1 Å². The third-order valence-electron chi connectivity index (χ3n) is 6.57. The molecule has 31 heavy (non-hydrogen) atoms. The Hall–Kier alpha value is -3.00. The molecule has 0 saturated carbocycles. The molecule has 160 valence electrons. The summed E-state index contributed by atoms with van der Waals surface area (Å²) in [5.41, 5.74) is 3.85. The van der Waals surface area contributed by atoms with Gasteiger partial charge in [-0.3, -0.25) is 0 Å². The Morgan fingerprint density at radius 2 is 1.35 bits per heavy atom. The lowest BCUT2D eigenvalue weighted by molar-refractivity contribution is 0.126. The average Bonchev–Trinajstić information content (AvgIpc) is 3.18. The maximum Gasteiger partial charge on any atom is 0.127 e. The lowest BCUT2D eigenvalue weighted by Gasteiger charge is -2.51. The number of rotatable bonds is 9. The van der Waals surface area contributed by atoms with E-state index in [1.165, 1.54) is 29.7 Å². The number of hydrogen-bond donors (Lipinski definition) is 0. The zero-order chi connectivity index (χ0) is 21.5. The predicted molar refractivity (Wildman–Crippen MR) is 132 cm³/mol. The van der Waals surface area contributed by atoms with E-state index in [4.69, 9.17) is 0 Å². The molecule has 0 aliphatic carbocycles. The number of benzene rings is 3. The van der Waals surface area contributed by atoms with Gasteiger partial charge in [0.2, 0.25) is 0 Å². The van der Waals surface area contributed by atoms with Gasteiger partial charge in [0.15, 0.2) is 0 Å². The van der Waals surface area contributed by atoms with E-state index in [-0.39, 0.29) is 5.66 Å². The van der Waals surface area contributed by atoms with Crippen molar-refractivity contribution in [3.8, 4) is 0 Å². The molecule has 0 N–H and O–H groups in total. The first-order valence-electron chi connectivity index (χ1n) is 11.7. The van der Waals surface area contributed by atoms with Crippen molar-refractivity contribution < 1.29 is 0 Å². The molecule has 0 spiro atoms. The molecule has 3 aromatic rings. The molecule has 0 fully saturated rings. The Kier molecular flexibility index (Phi) is 6.76. The number of hydrogen-bond acceptors (Lipinski definition) is 2. The first kappa shape index (κ1) is 21.2. The molecule has 1 heterocycles. The Morgan fingerprint density at radius 1 is 0.742 bits per heavy atom. The van der Waals surface area contributed by atoms with Crippen molar-refractivity contribution in [3.63, 3.8) is 0 Å². The van der Waals surface area contributed by atoms with E-state index in [9.17, 15) is 0 Å². The Labute approximate surface area is 187 Å². The Bertz CT molecular complexity index is 952. The molecule has 0 aromatic heterocycles. The lowest BCUT2D eigenvalue weighted by Crippen LogP contribution is -2.59. The summed E-state index contributed by atoms with van der Waals surface area (Å²) in [4.78, 5) is 5.16. The zero-order valence-electron chi connectivity index (χ0n) is 18.8. The van der Waals surface area contributed by atoms with Gasteiger partial charge in [0.25, 0.3) is 0 Å². The van der Waals surface area contributed by atoms with Crippen molar-refractivity contribution >= 4 is 5.69 Å². The predicted octanol–water partition coefficient (Wildman–Crippen LogP) is 7.21. The van der Waals surface area contributed by atoms with Gasteiger partial charge in [-0.05, 0) is 36.1 Å². The van der Waals surface area contributed by atoms with Crippen LogP contribution in [0.4, 0.5) is 5.69 Å². The summed E-state index contributed by atoms with van der Waals surface area (Å²) >= 11 is 0. The van der Waals surface area contributed by atoms with Crippen molar-refractivity contribution in [2.45, 2.75) is 51.1 Å². The topological polar surface area (TPSA) is 6.48 Å². The smallest absolute Gasteiger partial charge is 0.127 e. The van der Waals surface area contributed by atoms with Gasteiger partial charge in [-0.15, -0.1) is 0 Å². The lowest BCUT2D eigenvalue weighted by atomic mass is 9.78. The van der Waals surface area contributed by atoms with E-state index in [2.05, 4.69) is 127 Å². The van der Waals surface area contributed by atoms with E-state index in [1.807, 2.05) is 0 Å². The second-order valence-corrected chi connectivity index (χ2v) is 8.46. The minimum absolute atomic E-state index is 0.187. The van der Waals surface area contributed by atoms with E-state index in [0.29, 0.717) is 5.92 Å². The molecule has 2 atom stereocenters. The van der Waals surface area contributed by atoms with Crippen LogP contribution in [0.1, 0.15) is 50.2 Å². The van der Waals surface area contributed by atoms with Crippen molar-refractivity contribution in [2.75, 3.05) is 11.4 Å². The molecule has 0 radical (unpaired) electrons. The fourth-order valence-corrected chi connectivity index (χ4v) is 5.13. The van der Waals surface area contributed by atoms with Crippen LogP contribution in [0.15, 0.2) is 103 Å². The molecule has 2 unspecified atom stereocenters. The molecule has 1 aliphatic rings. The van der Waals surface area contributed by atoms with Crippen molar-refractivity contribution in [1.29, 1.82) is 0 Å². The highest BCUT2D eigenvalue weighted by Crippen LogP contribution is 2.46. The fraction of sp³-hybridized carbons (Fsp3) is 0.310. The number of unbranched alkanes of at least 4 members (excludes halogenated alkanes) is 1. The highest BCUT2D eigenvalue weighted by atomic mass is 15.4. The van der Waals surface area contributed by atoms with E-state index < -0.39 is 0 Å². The average molecular weight is 411 g/mol. The molecule has 1 aliphatic heterocycles. The van der Waals surface area contributed by atoms with Gasteiger partial charge >= 0.3 is 0 Å². The van der Waals surface area contributed by atoms with Crippen LogP contribution in [0.25, 0.3) is 0 Å². The summed E-state index contributed by atoms with van der Waals surface area (Å²) in [5.74, 6) is 0.362. The number of para-hydroxylation sites is 1. The molecular formula is C29H34N2. The second kappa shape index (κ2) is 9.87. The first-order valence-corrected chi connectivity index (χ1v) is 11.7. The zero-order valence-corrected chi connectivity index (χ0v) is 18.8. The van der Waals surface area contributed by atoms with E-state index in [0.717, 1.165) is 19.4 Å². The van der Waals surface area contributed by atoms with Gasteiger partial charge in [0.1, 0.15) is 5.66 Å². The highest BCUT2D eigenvalue weighted by molar-refractivity contribution is 5.56. The third-order valence-corrected chi connectivity index (χ3v) is 6.57. The monoisotopic (exact) mass is 410 g/mol. The fourth-order valence-electron chi connectivity index (χ4n) is 5.13. The number of anilines is 1. The first-order chi connectivity index (χ1) is 15.3. The molecule has 4 rings (SSSR count). The molecule has 3 aromatic carbocycles. The quantitative estimate of drug-likeness (QED) is 0.368. The summed E-state index contributed by atoms with van der Waals surface area (Å²) in [5, 5.41) is 0. The van der Waals surface area contributed by atoms with Crippen LogP contribution in [0, 0.1) is 0 Å². The maximum atomic E-state index is 2.62. The second-order valence-electron chi connectivity index (χ2n) is 8.46. The molecule has 0 saturated heterocycles. The normalized spacial score (nSPS) is 19.0. The van der Waals surface area contributed by atoms with Gasteiger partial charge in [0, 0.05) is 37.0 Å². The summed E-state index contributed by atoms with van der Waals surface area (Å²) in [6.45, 7) is 5.68. The van der Waals surface area contributed by atoms with Crippen molar-refractivity contribution in [3.05, 3.63) is 115 Å². The minimum atomic E-state index is -0.187. The van der Waals surface area contributed by atoms with Crippen LogP contribution in [0.3, 0.4) is 0 Å². The van der Waals surface area contributed by atoms with Crippen LogP contribution in [-0.2, 0) is 6.42 Å². The number of nitrogens with zero attached hydrogens (tertiary/aromatic N) is 2. The summed E-state index contributed by atoms with van der Waals surface area (Å²) in [6.07, 6.45) is 9.06. The van der Waals surface area contributed by atoms with E-state index >= 15 is 0 Å². The van der Waals surface area contributed by atoms with Crippen LogP contribution in [0.2, 0.25) is 0 Å². The minimum Gasteiger partial charge on any atom is -0.352 e. The SMILES string of the molecule is CCCCN1C=CN(c2ccccc2)C1(Cc1ccccc1)C(CC)c1ccccc1. The molecular weight excluding hydrogens is 376 g/mol. The van der Waals surface area contributed by atoms with Crippen molar-refractivity contribution in [1.82, 2.24) is 4.90 Å². The molecule has 0 bridgehead atoms. The third kappa shape index (κ3) is 4.25. The highest BCUT2D eigenvalue weighted by Gasteiger charge is 2.49. The summed E-state index contributed by atoms with van der Waals surface area (Å²) < 4.78 is 0. The summed E-state index contributed by atoms with van der Waals surface area (Å²) in [6, 6.07) is 33.0. The van der Waals surface area contributed by atoms with Gasteiger partial charge in [0.05, 0.1) is 0 Å². The maximum absolute atomic E-state index is 2.62.